The summed E-state index contributed by atoms with van der Waals surface area (Å²) in [6.07, 6.45) is 1.19. The van der Waals surface area contributed by atoms with E-state index in [1.165, 1.54) is 12.1 Å². The van der Waals surface area contributed by atoms with Crippen molar-refractivity contribution in [3.63, 3.8) is 0 Å². The molecule has 1 unspecified atom stereocenters. The number of aromatic nitrogens is 3. The molecule has 1 aliphatic heterocycles. The fraction of sp³-hybridized carbons (Fsp3) is 0.320. The van der Waals surface area contributed by atoms with Gasteiger partial charge in [-0.05, 0) is 60.7 Å². The molecule has 164 valence electrons. The van der Waals surface area contributed by atoms with E-state index >= 15 is 0 Å². The van der Waals surface area contributed by atoms with Gasteiger partial charge in [0, 0.05) is 23.3 Å². The minimum atomic E-state index is -0.450. The van der Waals surface area contributed by atoms with Gasteiger partial charge in [-0.2, -0.15) is 4.98 Å². The van der Waals surface area contributed by atoms with Crippen molar-refractivity contribution in [2.75, 3.05) is 11.9 Å². The van der Waals surface area contributed by atoms with Crippen molar-refractivity contribution in [1.29, 1.82) is 0 Å². The van der Waals surface area contributed by atoms with Gasteiger partial charge in [0.1, 0.15) is 17.6 Å². The molecule has 1 aliphatic carbocycles. The van der Waals surface area contributed by atoms with E-state index in [0.717, 1.165) is 29.0 Å². The topological polar surface area (TPSA) is 69.0 Å². The second-order valence-electron chi connectivity index (χ2n) is 9.07. The second kappa shape index (κ2) is 7.58. The van der Waals surface area contributed by atoms with Crippen molar-refractivity contribution in [3.8, 4) is 17.1 Å². The number of carbonyl (C=O) groups is 1. The Labute approximate surface area is 186 Å². The van der Waals surface area contributed by atoms with Crippen LogP contribution in [0.4, 0.5) is 10.3 Å². The molecule has 7 heteroatoms. The third-order valence-corrected chi connectivity index (χ3v) is 5.94. The molecular formula is C25H25FN4O2. The highest BCUT2D eigenvalue weighted by molar-refractivity contribution is 6.00. The number of rotatable bonds is 4. The Hall–Kier alpha value is -3.48. The number of hydrogen-bond acceptors (Lipinski definition) is 5. The number of ether oxygens (including phenoxy) is 1. The van der Waals surface area contributed by atoms with Crippen molar-refractivity contribution in [3.05, 3.63) is 71.2 Å². The van der Waals surface area contributed by atoms with Crippen LogP contribution in [0, 0.1) is 11.2 Å². The standard InChI is InChI=1S/C25H25FN4O2/c1-4-32-18-11-7-16(8-12-18)23-28-24-27-19-13-25(2,3)14-20(31)21(19)22(30(24)29-23)15-5-9-17(26)10-6-15/h5-12,22H,4,13-14H2,1-3H3,(H,27,28,29). The largest absolute Gasteiger partial charge is 0.494 e. The van der Waals surface area contributed by atoms with Crippen molar-refractivity contribution >= 4 is 11.7 Å². The molecular weight excluding hydrogens is 407 g/mol. The maximum Gasteiger partial charge on any atom is 0.226 e. The zero-order valence-corrected chi connectivity index (χ0v) is 18.4. The van der Waals surface area contributed by atoms with Crippen LogP contribution >= 0.6 is 0 Å². The van der Waals surface area contributed by atoms with Crippen LogP contribution in [0.2, 0.25) is 0 Å². The first-order chi connectivity index (χ1) is 15.3. The summed E-state index contributed by atoms with van der Waals surface area (Å²) in [4.78, 5) is 18.0. The Bertz CT molecular complexity index is 1210. The normalized spacial score (nSPS) is 19.2. The van der Waals surface area contributed by atoms with Crippen LogP contribution in [0.5, 0.6) is 5.75 Å². The number of halogens is 1. The van der Waals surface area contributed by atoms with E-state index in [-0.39, 0.29) is 17.0 Å². The summed E-state index contributed by atoms with van der Waals surface area (Å²) in [5.74, 6) is 1.68. The molecule has 32 heavy (non-hydrogen) atoms. The summed E-state index contributed by atoms with van der Waals surface area (Å²) in [6.45, 7) is 6.72. The second-order valence-corrected chi connectivity index (χ2v) is 9.07. The Morgan fingerprint density at radius 2 is 1.84 bits per heavy atom. The van der Waals surface area contributed by atoms with Gasteiger partial charge in [-0.15, -0.1) is 5.10 Å². The van der Waals surface area contributed by atoms with E-state index in [1.807, 2.05) is 31.2 Å². The molecule has 0 radical (unpaired) electrons. The molecule has 0 amide bonds. The van der Waals surface area contributed by atoms with Crippen LogP contribution in [0.25, 0.3) is 11.4 Å². The number of Topliss-reactive ketones (excluding diaryl/α,β-unsaturated/α-hetero) is 1. The Balaban J connectivity index is 1.61. The minimum absolute atomic E-state index is 0.0850. The summed E-state index contributed by atoms with van der Waals surface area (Å²) in [5, 5.41) is 8.13. The van der Waals surface area contributed by atoms with Crippen LogP contribution in [-0.4, -0.2) is 27.2 Å². The summed E-state index contributed by atoms with van der Waals surface area (Å²) in [6, 6.07) is 13.4. The number of fused-ring (bicyclic) bond motifs is 1. The van der Waals surface area contributed by atoms with E-state index in [9.17, 15) is 9.18 Å². The average Bonchev–Trinajstić information content (AvgIpc) is 3.16. The molecule has 2 aliphatic rings. The van der Waals surface area contributed by atoms with Gasteiger partial charge in [-0.25, -0.2) is 9.07 Å². The number of nitrogens with zero attached hydrogens (tertiary/aromatic N) is 3. The van der Waals surface area contributed by atoms with Crippen LogP contribution < -0.4 is 10.1 Å². The lowest BCUT2D eigenvalue weighted by Gasteiger charge is -2.38. The number of allylic oxidation sites excluding steroid dienone is 2. The fourth-order valence-corrected chi connectivity index (χ4v) is 4.55. The van der Waals surface area contributed by atoms with Gasteiger partial charge < -0.3 is 10.1 Å². The molecule has 0 saturated heterocycles. The number of hydrogen-bond donors (Lipinski definition) is 1. The SMILES string of the molecule is CCOc1ccc(-c2nc3n(n2)C(c2ccc(F)cc2)C2=C(CC(C)(C)CC2=O)N3)cc1. The van der Waals surface area contributed by atoms with Gasteiger partial charge in [0.15, 0.2) is 11.6 Å². The monoisotopic (exact) mass is 432 g/mol. The zero-order chi connectivity index (χ0) is 22.5. The first-order valence-electron chi connectivity index (χ1n) is 10.8. The molecule has 5 rings (SSSR count). The predicted octanol–water partition coefficient (Wildman–Crippen LogP) is 5.14. The van der Waals surface area contributed by atoms with Crippen molar-refractivity contribution in [2.24, 2.45) is 5.41 Å². The van der Waals surface area contributed by atoms with Crippen LogP contribution in [0.1, 0.15) is 45.2 Å². The highest BCUT2D eigenvalue weighted by atomic mass is 19.1. The highest BCUT2D eigenvalue weighted by Crippen LogP contribution is 2.45. The molecule has 0 saturated carbocycles. The van der Waals surface area contributed by atoms with E-state index < -0.39 is 6.04 Å². The molecule has 3 aromatic rings. The molecule has 1 atom stereocenters. The predicted molar refractivity (Wildman–Crippen MR) is 120 cm³/mol. The molecule has 1 aromatic heterocycles. The van der Waals surface area contributed by atoms with Crippen LogP contribution in [0.15, 0.2) is 59.8 Å². The first kappa shape index (κ1) is 20.4. The summed E-state index contributed by atoms with van der Waals surface area (Å²) in [7, 11) is 0. The summed E-state index contributed by atoms with van der Waals surface area (Å²) in [5.41, 5.74) is 3.07. The molecule has 2 aromatic carbocycles. The van der Waals surface area contributed by atoms with Crippen LogP contribution in [-0.2, 0) is 4.79 Å². The van der Waals surface area contributed by atoms with Gasteiger partial charge in [0.2, 0.25) is 5.95 Å². The molecule has 1 N–H and O–H groups in total. The van der Waals surface area contributed by atoms with Crippen LogP contribution in [0.3, 0.4) is 0 Å². The summed E-state index contributed by atoms with van der Waals surface area (Å²) < 4.78 is 20.9. The van der Waals surface area contributed by atoms with E-state index in [4.69, 9.17) is 14.8 Å². The van der Waals surface area contributed by atoms with E-state index in [0.29, 0.717) is 30.4 Å². The van der Waals surface area contributed by atoms with Crippen molar-refractivity contribution in [2.45, 2.75) is 39.7 Å². The number of anilines is 1. The van der Waals surface area contributed by atoms with Crippen molar-refractivity contribution in [1.82, 2.24) is 14.8 Å². The van der Waals surface area contributed by atoms with Gasteiger partial charge in [0.05, 0.1) is 6.61 Å². The van der Waals surface area contributed by atoms with Gasteiger partial charge in [-0.1, -0.05) is 26.0 Å². The smallest absolute Gasteiger partial charge is 0.226 e. The minimum Gasteiger partial charge on any atom is -0.494 e. The zero-order valence-electron chi connectivity index (χ0n) is 18.4. The Kier molecular flexibility index (Phi) is 4.84. The maximum atomic E-state index is 13.6. The van der Waals surface area contributed by atoms with Gasteiger partial charge in [0.25, 0.3) is 0 Å². The Morgan fingerprint density at radius 1 is 1.12 bits per heavy atom. The molecule has 0 fully saturated rings. The Morgan fingerprint density at radius 3 is 2.53 bits per heavy atom. The number of carbonyl (C=O) groups excluding carboxylic acids is 1. The van der Waals surface area contributed by atoms with E-state index in [1.54, 1.807) is 16.8 Å². The lowest BCUT2D eigenvalue weighted by atomic mass is 9.73. The van der Waals surface area contributed by atoms with E-state index in [2.05, 4.69) is 19.2 Å². The molecule has 2 heterocycles. The molecule has 0 bridgehead atoms. The highest BCUT2D eigenvalue weighted by Gasteiger charge is 2.41. The van der Waals surface area contributed by atoms with Gasteiger partial charge >= 0.3 is 0 Å². The third-order valence-electron chi connectivity index (χ3n) is 5.94. The maximum absolute atomic E-state index is 13.6. The average molecular weight is 432 g/mol. The number of benzene rings is 2. The fourth-order valence-electron chi connectivity index (χ4n) is 4.55. The summed E-state index contributed by atoms with van der Waals surface area (Å²) >= 11 is 0. The van der Waals surface area contributed by atoms with Gasteiger partial charge in [-0.3, -0.25) is 4.79 Å². The lowest BCUT2D eigenvalue weighted by Crippen LogP contribution is -2.36. The molecule has 0 spiro atoms. The lowest BCUT2D eigenvalue weighted by molar-refractivity contribution is -0.118. The molecule has 6 nitrogen and oxygen atoms in total. The van der Waals surface area contributed by atoms with Crippen molar-refractivity contribution < 1.29 is 13.9 Å². The quantitative estimate of drug-likeness (QED) is 0.618. The third kappa shape index (κ3) is 3.57. The first-order valence-corrected chi connectivity index (χ1v) is 10.8. The number of nitrogens with one attached hydrogen (secondary N) is 1. The number of ketones is 1.